The molecule has 0 amide bonds. The molecule has 1 aromatic carbocycles. The number of aliphatic hydroxyl groups is 3. The van der Waals surface area contributed by atoms with Crippen LogP contribution in [0, 0.1) is 0 Å². The third-order valence-electron chi connectivity index (χ3n) is 5.21. The molecule has 0 aliphatic heterocycles. The van der Waals surface area contributed by atoms with E-state index < -0.39 is 17.4 Å². The first kappa shape index (κ1) is 23.6. The van der Waals surface area contributed by atoms with Gasteiger partial charge in [0.2, 0.25) is 11.4 Å². The molecule has 1 unspecified atom stereocenters. The molecule has 0 fully saturated rings. The number of benzene rings is 1. The second kappa shape index (κ2) is 12.1. The molecule has 0 spiro atoms. The number of unbranched alkanes of at least 4 members (excludes halogenated alkanes) is 10. The van der Waals surface area contributed by atoms with Crippen LogP contribution in [-0.4, -0.2) is 32.2 Å². The Bertz CT molecular complexity index is 529. The summed E-state index contributed by atoms with van der Waals surface area (Å²) in [6.07, 6.45) is 12.0. The van der Waals surface area contributed by atoms with Gasteiger partial charge in [0.25, 0.3) is 0 Å². The van der Waals surface area contributed by atoms with Crippen molar-refractivity contribution in [1.82, 2.24) is 0 Å². The SMILES string of the molecule is CCCCCCCCCCCCCC(O)(O)C(O)(C(=O)O)c1ccccc1. The van der Waals surface area contributed by atoms with E-state index in [2.05, 4.69) is 6.92 Å². The van der Waals surface area contributed by atoms with Gasteiger partial charge in [-0.25, -0.2) is 4.79 Å². The van der Waals surface area contributed by atoms with Crippen LogP contribution in [-0.2, 0) is 10.4 Å². The van der Waals surface area contributed by atoms with Gasteiger partial charge in [-0.3, -0.25) is 0 Å². The van der Waals surface area contributed by atoms with Gasteiger partial charge in [0, 0.05) is 12.0 Å². The van der Waals surface area contributed by atoms with E-state index in [4.69, 9.17) is 0 Å². The molecule has 0 aliphatic rings. The molecule has 5 heteroatoms. The van der Waals surface area contributed by atoms with Crippen molar-refractivity contribution in [3.8, 4) is 0 Å². The number of carboxylic acid groups (broad SMARTS) is 1. The zero-order valence-electron chi connectivity index (χ0n) is 16.6. The van der Waals surface area contributed by atoms with E-state index in [9.17, 15) is 25.2 Å². The summed E-state index contributed by atoms with van der Waals surface area (Å²) in [6, 6.07) is 7.56. The predicted octanol–water partition coefficient (Wildman–Crippen LogP) is 4.34. The number of aliphatic carboxylic acids is 1. The first-order chi connectivity index (χ1) is 12.9. The molecule has 1 atom stereocenters. The Kier molecular flexibility index (Phi) is 10.6. The van der Waals surface area contributed by atoms with E-state index in [1.807, 2.05) is 0 Å². The van der Waals surface area contributed by atoms with E-state index in [1.54, 1.807) is 18.2 Å². The zero-order valence-corrected chi connectivity index (χ0v) is 16.6. The molecular weight excluding hydrogens is 344 g/mol. The molecule has 0 radical (unpaired) electrons. The largest absolute Gasteiger partial charge is 0.479 e. The van der Waals surface area contributed by atoms with Crippen molar-refractivity contribution < 1.29 is 25.2 Å². The molecule has 0 saturated heterocycles. The third-order valence-corrected chi connectivity index (χ3v) is 5.21. The van der Waals surface area contributed by atoms with Crippen molar-refractivity contribution in [3.05, 3.63) is 35.9 Å². The van der Waals surface area contributed by atoms with E-state index in [-0.39, 0.29) is 12.0 Å². The molecule has 5 nitrogen and oxygen atoms in total. The highest BCUT2D eigenvalue weighted by Gasteiger charge is 2.55. The Labute approximate surface area is 163 Å². The van der Waals surface area contributed by atoms with Gasteiger partial charge < -0.3 is 20.4 Å². The van der Waals surface area contributed by atoms with Crippen LogP contribution in [0.15, 0.2) is 30.3 Å². The topological polar surface area (TPSA) is 98.0 Å². The first-order valence-corrected chi connectivity index (χ1v) is 10.3. The Morgan fingerprint density at radius 1 is 0.778 bits per heavy atom. The number of hydrogen-bond donors (Lipinski definition) is 4. The lowest BCUT2D eigenvalue weighted by Crippen LogP contribution is -2.57. The highest BCUT2D eigenvalue weighted by molar-refractivity contribution is 5.80. The van der Waals surface area contributed by atoms with Crippen molar-refractivity contribution >= 4 is 5.97 Å². The Morgan fingerprint density at radius 3 is 1.67 bits per heavy atom. The molecule has 0 aromatic heterocycles. The van der Waals surface area contributed by atoms with Gasteiger partial charge in [0.15, 0.2) is 0 Å². The van der Waals surface area contributed by atoms with Gasteiger partial charge in [-0.15, -0.1) is 0 Å². The molecule has 1 rings (SSSR count). The minimum absolute atomic E-state index is 0.0365. The van der Waals surface area contributed by atoms with Crippen LogP contribution in [0.25, 0.3) is 0 Å². The highest BCUT2D eigenvalue weighted by Crippen LogP contribution is 2.35. The molecule has 0 heterocycles. The summed E-state index contributed by atoms with van der Waals surface area (Å²) in [6.45, 7) is 2.21. The van der Waals surface area contributed by atoms with Crippen LogP contribution < -0.4 is 0 Å². The van der Waals surface area contributed by atoms with Crippen molar-refractivity contribution in [2.45, 2.75) is 95.4 Å². The summed E-state index contributed by atoms with van der Waals surface area (Å²) in [5.74, 6) is -4.39. The lowest BCUT2D eigenvalue weighted by molar-refractivity contribution is -0.281. The average molecular weight is 381 g/mol. The lowest BCUT2D eigenvalue weighted by Gasteiger charge is -2.36. The average Bonchev–Trinajstić information content (AvgIpc) is 2.65. The Hall–Kier alpha value is -1.43. The van der Waals surface area contributed by atoms with Crippen molar-refractivity contribution in [1.29, 1.82) is 0 Å². The van der Waals surface area contributed by atoms with Crippen LogP contribution in [0.3, 0.4) is 0 Å². The van der Waals surface area contributed by atoms with Gasteiger partial charge in [-0.1, -0.05) is 101 Å². The molecule has 4 N–H and O–H groups in total. The van der Waals surface area contributed by atoms with E-state index in [1.165, 1.54) is 57.1 Å². The van der Waals surface area contributed by atoms with Gasteiger partial charge >= 0.3 is 5.97 Å². The molecule has 154 valence electrons. The van der Waals surface area contributed by atoms with E-state index in [0.29, 0.717) is 6.42 Å². The maximum atomic E-state index is 11.6. The normalized spacial score (nSPS) is 14.1. The standard InChI is InChI=1S/C22H36O5/c1-2-3-4-5-6-7-8-9-10-11-15-18-21(25,26)22(27,20(23)24)19-16-13-12-14-17-19/h12-14,16-17,25-27H,2-11,15,18H2,1H3,(H,23,24). The van der Waals surface area contributed by atoms with Crippen molar-refractivity contribution in [3.63, 3.8) is 0 Å². The summed E-state index contributed by atoms with van der Waals surface area (Å²) in [5.41, 5.74) is -2.78. The minimum atomic E-state index is -2.74. The minimum Gasteiger partial charge on any atom is -0.479 e. The Morgan fingerprint density at radius 2 is 1.22 bits per heavy atom. The maximum absolute atomic E-state index is 11.6. The highest BCUT2D eigenvalue weighted by atomic mass is 16.5. The summed E-state index contributed by atoms with van der Waals surface area (Å²) in [5, 5.41) is 40.6. The lowest BCUT2D eigenvalue weighted by atomic mass is 9.82. The predicted molar refractivity (Wildman–Crippen MR) is 106 cm³/mol. The van der Waals surface area contributed by atoms with Crippen LogP contribution in [0.1, 0.15) is 89.5 Å². The van der Waals surface area contributed by atoms with E-state index in [0.717, 1.165) is 19.3 Å². The quantitative estimate of drug-likeness (QED) is 0.268. The number of carbonyl (C=O) groups is 1. The van der Waals surface area contributed by atoms with Crippen LogP contribution in [0.2, 0.25) is 0 Å². The van der Waals surface area contributed by atoms with Crippen molar-refractivity contribution in [2.75, 3.05) is 0 Å². The summed E-state index contributed by atoms with van der Waals surface area (Å²) in [7, 11) is 0. The fourth-order valence-electron chi connectivity index (χ4n) is 3.42. The second-order valence-corrected chi connectivity index (χ2v) is 7.48. The first-order valence-electron chi connectivity index (χ1n) is 10.3. The number of carboxylic acids is 1. The van der Waals surface area contributed by atoms with Gasteiger partial charge in [-0.2, -0.15) is 0 Å². The number of rotatable bonds is 15. The van der Waals surface area contributed by atoms with Gasteiger partial charge in [0.1, 0.15) is 0 Å². The third kappa shape index (κ3) is 7.24. The molecule has 0 saturated carbocycles. The maximum Gasteiger partial charge on any atom is 0.346 e. The zero-order chi connectivity index (χ0) is 20.2. The molecule has 1 aromatic rings. The van der Waals surface area contributed by atoms with Crippen LogP contribution in [0.5, 0.6) is 0 Å². The number of hydrogen-bond acceptors (Lipinski definition) is 4. The van der Waals surface area contributed by atoms with E-state index >= 15 is 0 Å². The smallest absolute Gasteiger partial charge is 0.346 e. The monoisotopic (exact) mass is 380 g/mol. The van der Waals surface area contributed by atoms with Crippen molar-refractivity contribution in [2.24, 2.45) is 0 Å². The molecule has 0 aliphatic carbocycles. The molecule has 27 heavy (non-hydrogen) atoms. The van der Waals surface area contributed by atoms with Crippen LogP contribution >= 0.6 is 0 Å². The van der Waals surface area contributed by atoms with Gasteiger partial charge in [-0.05, 0) is 6.42 Å². The molecular formula is C22H36O5. The fraction of sp³-hybridized carbons (Fsp3) is 0.682. The fourth-order valence-corrected chi connectivity index (χ4v) is 3.42. The second-order valence-electron chi connectivity index (χ2n) is 7.48. The van der Waals surface area contributed by atoms with Crippen LogP contribution in [0.4, 0.5) is 0 Å². The Balaban J connectivity index is 2.34. The summed E-state index contributed by atoms with van der Waals surface area (Å²) < 4.78 is 0. The summed E-state index contributed by atoms with van der Waals surface area (Å²) in [4.78, 5) is 11.6. The molecule has 0 bridgehead atoms. The van der Waals surface area contributed by atoms with Gasteiger partial charge in [0.05, 0.1) is 0 Å². The summed E-state index contributed by atoms with van der Waals surface area (Å²) >= 11 is 0.